The first kappa shape index (κ1) is 12.5. The molecular formula is C14H12FN3O2. The Hall–Kier alpha value is -2.50. The number of fused-ring (bicyclic) bond motifs is 1. The summed E-state index contributed by atoms with van der Waals surface area (Å²) in [6, 6.07) is 5.99. The molecule has 0 spiro atoms. The van der Waals surface area contributed by atoms with Crippen LogP contribution in [-0.4, -0.2) is 32.6 Å². The second-order valence-electron chi connectivity index (χ2n) is 4.63. The third-order valence-corrected chi connectivity index (χ3v) is 3.31. The number of nitrogens with zero attached hydrogens (tertiary/aromatic N) is 3. The molecule has 0 unspecified atom stereocenters. The molecule has 0 atom stereocenters. The summed E-state index contributed by atoms with van der Waals surface area (Å²) in [7, 11) is 0. The maximum Gasteiger partial charge on any atom is 0.407 e. The van der Waals surface area contributed by atoms with Gasteiger partial charge in [0.05, 0.1) is 12.2 Å². The minimum Gasteiger partial charge on any atom is -0.465 e. The standard InChI is InChI=1S/C14H12FN3O2/c15-11-3-1-9(2-4-11)13-16-7-10-8-18(14(19)20)6-5-12(10)17-13/h1-4,7H,5-6,8H2,(H,19,20). The van der Waals surface area contributed by atoms with Gasteiger partial charge in [0, 0.05) is 30.3 Å². The molecule has 2 aromatic rings. The quantitative estimate of drug-likeness (QED) is 0.866. The minimum atomic E-state index is -0.932. The fourth-order valence-electron chi connectivity index (χ4n) is 2.22. The van der Waals surface area contributed by atoms with E-state index in [1.54, 1.807) is 18.3 Å². The number of hydrogen-bond acceptors (Lipinski definition) is 3. The van der Waals surface area contributed by atoms with E-state index in [0.29, 0.717) is 25.3 Å². The predicted molar refractivity (Wildman–Crippen MR) is 69.6 cm³/mol. The van der Waals surface area contributed by atoms with Crippen LogP contribution in [0.15, 0.2) is 30.5 Å². The molecule has 0 bridgehead atoms. The summed E-state index contributed by atoms with van der Waals surface area (Å²) in [6.07, 6.45) is 1.28. The van der Waals surface area contributed by atoms with Crippen LogP contribution in [-0.2, 0) is 13.0 Å². The number of hydrogen-bond donors (Lipinski definition) is 1. The molecule has 3 rings (SSSR count). The molecule has 1 aromatic heterocycles. The number of rotatable bonds is 1. The molecule has 102 valence electrons. The summed E-state index contributed by atoms with van der Waals surface area (Å²) >= 11 is 0. The Labute approximate surface area is 114 Å². The van der Waals surface area contributed by atoms with Crippen molar-refractivity contribution in [3.8, 4) is 11.4 Å². The Balaban J connectivity index is 1.91. The molecule has 0 aliphatic carbocycles. The van der Waals surface area contributed by atoms with Crippen LogP contribution in [0.1, 0.15) is 11.3 Å². The molecule has 5 nitrogen and oxygen atoms in total. The summed E-state index contributed by atoms with van der Waals surface area (Å²) in [6.45, 7) is 0.747. The third-order valence-electron chi connectivity index (χ3n) is 3.31. The first-order valence-corrected chi connectivity index (χ1v) is 6.22. The van der Waals surface area contributed by atoms with Gasteiger partial charge in [0.25, 0.3) is 0 Å². The van der Waals surface area contributed by atoms with Gasteiger partial charge in [-0.05, 0) is 24.3 Å². The maximum absolute atomic E-state index is 12.9. The van der Waals surface area contributed by atoms with Crippen LogP contribution < -0.4 is 0 Å². The van der Waals surface area contributed by atoms with Crippen LogP contribution in [0.5, 0.6) is 0 Å². The number of halogens is 1. The summed E-state index contributed by atoms with van der Waals surface area (Å²) in [5.74, 6) is 0.233. The van der Waals surface area contributed by atoms with Crippen LogP contribution >= 0.6 is 0 Å². The highest BCUT2D eigenvalue weighted by Crippen LogP contribution is 2.21. The number of carboxylic acid groups (broad SMARTS) is 1. The van der Waals surface area contributed by atoms with Gasteiger partial charge in [-0.1, -0.05) is 0 Å². The molecule has 1 N–H and O–H groups in total. The van der Waals surface area contributed by atoms with Gasteiger partial charge < -0.3 is 10.0 Å². The molecule has 6 heteroatoms. The van der Waals surface area contributed by atoms with Crippen molar-refractivity contribution in [3.05, 3.63) is 47.5 Å². The highest BCUT2D eigenvalue weighted by molar-refractivity contribution is 5.65. The van der Waals surface area contributed by atoms with E-state index in [2.05, 4.69) is 9.97 Å². The number of aromatic nitrogens is 2. The first-order chi connectivity index (χ1) is 9.63. The van der Waals surface area contributed by atoms with E-state index >= 15 is 0 Å². The van der Waals surface area contributed by atoms with E-state index in [1.165, 1.54) is 17.0 Å². The van der Waals surface area contributed by atoms with Crippen molar-refractivity contribution < 1.29 is 14.3 Å². The fourth-order valence-corrected chi connectivity index (χ4v) is 2.22. The Morgan fingerprint density at radius 1 is 1.30 bits per heavy atom. The zero-order valence-electron chi connectivity index (χ0n) is 10.6. The SMILES string of the molecule is O=C(O)N1CCc2nc(-c3ccc(F)cc3)ncc2C1. The van der Waals surface area contributed by atoms with Gasteiger partial charge >= 0.3 is 6.09 Å². The second kappa shape index (κ2) is 4.88. The Bertz CT molecular complexity index is 658. The topological polar surface area (TPSA) is 66.3 Å². The normalized spacial score (nSPS) is 13.9. The maximum atomic E-state index is 12.9. The van der Waals surface area contributed by atoms with Crippen LogP contribution in [0.25, 0.3) is 11.4 Å². The summed E-state index contributed by atoms with van der Waals surface area (Å²) < 4.78 is 12.9. The van der Waals surface area contributed by atoms with Crippen molar-refractivity contribution in [3.63, 3.8) is 0 Å². The Morgan fingerprint density at radius 2 is 2.05 bits per heavy atom. The zero-order valence-corrected chi connectivity index (χ0v) is 10.6. The summed E-state index contributed by atoms with van der Waals surface area (Å²) in [5.41, 5.74) is 2.43. The van der Waals surface area contributed by atoms with Gasteiger partial charge in [-0.2, -0.15) is 0 Å². The molecular weight excluding hydrogens is 261 g/mol. The lowest BCUT2D eigenvalue weighted by molar-refractivity contribution is 0.139. The first-order valence-electron chi connectivity index (χ1n) is 6.22. The highest BCUT2D eigenvalue weighted by atomic mass is 19.1. The van der Waals surface area contributed by atoms with Crippen molar-refractivity contribution in [2.75, 3.05) is 6.54 Å². The Morgan fingerprint density at radius 3 is 2.75 bits per heavy atom. The second-order valence-corrected chi connectivity index (χ2v) is 4.63. The molecule has 1 amide bonds. The molecule has 2 heterocycles. The lowest BCUT2D eigenvalue weighted by Gasteiger charge is -2.25. The van der Waals surface area contributed by atoms with Crippen LogP contribution in [0.2, 0.25) is 0 Å². The van der Waals surface area contributed by atoms with Gasteiger partial charge in [0.1, 0.15) is 5.82 Å². The molecule has 0 fully saturated rings. The molecule has 0 radical (unpaired) electrons. The van der Waals surface area contributed by atoms with Gasteiger partial charge in [-0.15, -0.1) is 0 Å². The largest absolute Gasteiger partial charge is 0.465 e. The van der Waals surface area contributed by atoms with E-state index in [9.17, 15) is 9.18 Å². The van der Waals surface area contributed by atoms with Crippen LogP contribution in [0.3, 0.4) is 0 Å². The zero-order chi connectivity index (χ0) is 14.1. The van der Waals surface area contributed by atoms with E-state index in [4.69, 9.17) is 5.11 Å². The van der Waals surface area contributed by atoms with Crippen molar-refractivity contribution >= 4 is 6.09 Å². The van der Waals surface area contributed by atoms with E-state index < -0.39 is 6.09 Å². The van der Waals surface area contributed by atoms with Crippen molar-refractivity contribution in [2.45, 2.75) is 13.0 Å². The van der Waals surface area contributed by atoms with Crippen molar-refractivity contribution in [1.29, 1.82) is 0 Å². The molecule has 0 saturated carbocycles. The fraction of sp³-hybridized carbons (Fsp3) is 0.214. The average molecular weight is 273 g/mol. The number of carbonyl (C=O) groups is 1. The lowest BCUT2D eigenvalue weighted by Crippen LogP contribution is -2.35. The molecule has 1 aromatic carbocycles. The molecule has 0 saturated heterocycles. The lowest BCUT2D eigenvalue weighted by atomic mass is 10.1. The van der Waals surface area contributed by atoms with Gasteiger partial charge in [-0.25, -0.2) is 19.2 Å². The smallest absolute Gasteiger partial charge is 0.407 e. The summed E-state index contributed by atoms with van der Waals surface area (Å²) in [5, 5.41) is 8.97. The number of benzene rings is 1. The van der Waals surface area contributed by atoms with Gasteiger partial charge in [0.2, 0.25) is 0 Å². The molecule has 1 aliphatic rings. The molecule has 20 heavy (non-hydrogen) atoms. The van der Waals surface area contributed by atoms with Crippen LogP contribution in [0, 0.1) is 5.82 Å². The average Bonchev–Trinajstić information content (AvgIpc) is 2.47. The molecule has 1 aliphatic heterocycles. The van der Waals surface area contributed by atoms with Crippen LogP contribution in [0.4, 0.5) is 9.18 Å². The van der Waals surface area contributed by atoms with Crippen molar-refractivity contribution in [2.24, 2.45) is 0 Å². The van der Waals surface area contributed by atoms with Gasteiger partial charge in [-0.3, -0.25) is 0 Å². The predicted octanol–water partition coefficient (Wildman–Crippen LogP) is 2.32. The van der Waals surface area contributed by atoms with E-state index in [1.807, 2.05) is 0 Å². The highest BCUT2D eigenvalue weighted by Gasteiger charge is 2.21. The minimum absolute atomic E-state index is 0.302. The van der Waals surface area contributed by atoms with E-state index in [0.717, 1.165) is 16.8 Å². The summed E-state index contributed by atoms with van der Waals surface area (Å²) in [4.78, 5) is 21.0. The third kappa shape index (κ3) is 2.32. The van der Waals surface area contributed by atoms with E-state index in [-0.39, 0.29) is 5.82 Å². The Kier molecular flexibility index (Phi) is 3.06. The van der Waals surface area contributed by atoms with Gasteiger partial charge in [0.15, 0.2) is 5.82 Å². The van der Waals surface area contributed by atoms with Crippen molar-refractivity contribution in [1.82, 2.24) is 14.9 Å². The number of amides is 1. The monoisotopic (exact) mass is 273 g/mol.